The first-order valence-electron chi connectivity index (χ1n) is 5.44. The smallest absolute Gasteiger partial charge is 0.242 e. The first kappa shape index (κ1) is 12.5. The fourth-order valence-corrected chi connectivity index (χ4v) is 1.80. The molecule has 0 aromatic rings. The standard InChI is InChI=1S/C11H17N3O2/c1-3-11(2,7-12)10(16)14-5-4-8(6-14)9(13)15/h8H,3-6H2,1-2H3,(H2,13,15). The maximum Gasteiger partial charge on any atom is 0.242 e. The van der Waals surface area contributed by atoms with E-state index in [1.54, 1.807) is 11.8 Å². The van der Waals surface area contributed by atoms with Crippen molar-refractivity contribution >= 4 is 11.8 Å². The fourth-order valence-electron chi connectivity index (χ4n) is 1.80. The van der Waals surface area contributed by atoms with Crippen molar-refractivity contribution in [3.05, 3.63) is 0 Å². The van der Waals surface area contributed by atoms with Crippen molar-refractivity contribution in [1.82, 2.24) is 4.90 Å². The molecule has 0 saturated carbocycles. The van der Waals surface area contributed by atoms with Crippen molar-refractivity contribution in [1.29, 1.82) is 5.26 Å². The Bertz CT molecular complexity index is 348. The molecule has 0 spiro atoms. The molecule has 0 bridgehead atoms. The lowest BCUT2D eigenvalue weighted by Gasteiger charge is -2.25. The summed E-state index contributed by atoms with van der Waals surface area (Å²) in [6, 6.07) is 2.04. The predicted molar refractivity (Wildman–Crippen MR) is 57.9 cm³/mol. The summed E-state index contributed by atoms with van der Waals surface area (Å²) in [5, 5.41) is 9.00. The van der Waals surface area contributed by atoms with Gasteiger partial charge >= 0.3 is 0 Å². The number of carbonyl (C=O) groups excluding carboxylic acids is 2. The molecule has 1 aliphatic rings. The van der Waals surface area contributed by atoms with Crippen LogP contribution in [0.25, 0.3) is 0 Å². The zero-order valence-corrected chi connectivity index (χ0v) is 9.69. The summed E-state index contributed by atoms with van der Waals surface area (Å²) in [5.41, 5.74) is 4.21. The highest BCUT2D eigenvalue weighted by Crippen LogP contribution is 2.26. The largest absolute Gasteiger partial charge is 0.369 e. The summed E-state index contributed by atoms with van der Waals surface area (Å²) in [6.45, 7) is 4.31. The highest BCUT2D eigenvalue weighted by Gasteiger charge is 2.39. The van der Waals surface area contributed by atoms with E-state index in [1.807, 2.05) is 13.0 Å². The Hall–Kier alpha value is -1.57. The summed E-state index contributed by atoms with van der Waals surface area (Å²) in [5.74, 6) is -0.824. The number of hydrogen-bond acceptors (Lipinski definition) is 3. The Morgan fingerprint density at radius 1 is 1.62 bits per heavy atom. The summed E-state index contributed by atoms with van der Waals surface area (Å²) in [7, 11) is 0. The van der Waals surface area contributed by atoms with Crippen LogP contribution in [0.5, 0.6) is 0 Å². The molecule has 1 rings (SSSR count). The van der Waals surface area contributed by atoms with E-state index >= 15 is 0 Å². The number of hydrogen-bond donors (Lipinski definition) is 1. The van der Waals surface area contributed by atoms with Crippen LogP contribution in [0.2, 0.25) is 0 Å². The molecule has 5 nitrogen and oxygen atoms in total. The van der Waals surface area contributed by atoms with E-state index in [1.165, 1.54) is 0 Å². The zero-order chi connectivity index (χ0) is 12.3. The van der Waals surface area contributed by atoms with Gasteiger partial charge in [0.15, 0.2) is 0 Å². The van der Waals surface area contributed by atoms with Gasteiger partial charge in [0, 0.05) is 13.1 Å². The Morgan fingerprint density at radius 2 is 2.25 bits per heavy atom. The van der Waals surface area contributed by atoms with Gasteiger partial charge in [-0.25, -0.2) is 0 Å². The van der Waals surface area contributed by atoms with Gasteiger partial charge in [0.05, 0.1) is 12.0 Å². The van der Waals surface area contributed by atoms with Crippen molar-refractivity contribution in [3.63, 3.8) is 0 Å². The molecule has 2 amide bonds. The minimum Gasteiger partial charge on any atom is -0.369 e. The molecule has 88 valence electrons. The van der Waals surface area contributed by atoms with E-state index in [-0.39, 0.29) is 17.7 Å². The quantitative estimate of drug-likeness (QED) is 0.744. The van der Waals surface area contributed by atoms with Crippen LogP contribution in [0.1, 0.15) is 26.7 Å². The lowest BCUT2D eigenvalue weighted by atomic mass is 9.88. The molecule has 16 heavy (non-hydrogen) atoms. The molecule has 0 aliphatic carbocycles. The topological polar surface area (TPSA) is 87.2 Å². The van der Waals surface area contributed by atoms with E-state index in [2.05, 4.69) is 0 Å². The molecule has 1 aliphatic heterocycles. The second-order valence-corrected chi connectivity index (χ2v) is 4.44. The molecule has 2 atom stereocenters. The van der Waals surface area contributed by atoms with Gasteiger partial charge in [0.1, 0.15) is 5.41 Å². The molecule has 1 saturated heterocycles. The molecular weight excluding hydrogens is 206 g/mol. The van der Waals surface area contributed by atoms with E-state index in [4.69, 9.17) is 11.0 Å². The van der Waals surface area contributed by atoms with Crippen molar-refractivity contribution in [2.45, 2.75) is 26.7 Å². The highest BCUT2D eigenvalue weighted by molar-refractivity contribution is 5.86. The third-order valence-electron chi connectivity index (χ3n) is 3.30. The maximum absolute atomic E-state index is 12.0. The molecular formula is C11H17N3O2. The van der Waals surface area contributed by atoms with E-state index in [0.717, 1.165) is 0 Å². The fraction of sp³-hybridized carbons (Fsp3) is 0.727. The number of nitrogens with zero attached hydrogens (tertiary/aromatic N) is 2. The van der Waals surface area contributed by atoms with Crippen LogP contribution in [0.3, 0.4) is 0 Å². The van der Waals surface area contributed by atoms with Gasteiger partial charge < -0.3 is 10.6 Å². The number of rotatable bonds is 3. The third kappa shape index (κ3) is 2.16. The minimum atomic E-state index is -0.980. The summed E-state index contributed by atoms with van der Waals surface area (Å²) in [6.07, 6.45) is 1.08. The number of nitrogens with two attached hydrogens (primary N) is 1. The number of nitriles is 1. The summed E-state index contributed by atoms with van der Waals surface area (Å²) < 4.78 is 0. The summed E-state index contributed by atoms with van der Waals surface area (Å²) >= 11 is 0. The van der Waals surface area contributed by atoms with Gasteiger partial charge in [-0.3, -0.25) is 9.59 Å². The Balaban J connectivity index is 2.72. The van der Waals surface area contributed by atoms with Gasteiger partial charge in [0.2, 0.25) is 11.8 Å². The lowest BCUT2D eigenvalue weighted by molar-refractivity contribution is -0.137. The average molecular weight is 223 g/mol. The van der Waals surface area contributed by atoms with Crippen LogP contribution in [-0.4, -0.2) is 29.8 Å². The molecule has 0 aromatic carbocycles. The first-order chi connectivity index (χ1) is 7.44. The van der Waals surface area contributed by atoms with Gasteiger partial charge in [-0.05, 0) is 19.8 Å². The average Bonchev–Trinajstić information content (AvgIpc) is 2.76. The van der Waals surface area contributed by atoms with Gasteiger partial charge in [0.25, 0.3) is 0 Å². The van der Waals surface area contributed by atoms with Crippen molar-refractivity contribution in [2.75, 3.05) is 13.1 Å². The molecule has 2 unspecified atom stereocenters. The van der Waals surface area contributed by atoms with E-state index < -0.39 is 5.41 Å². The van der Waals surface area contributed by atoms with Crippen LogP contribution in [-0.2, 0) is 9.59 Å². The molecule has 1 fully saturated rings. The van der Waals surface area contributed by atoms with Crippen LogP contribution < -0.4 is 5.73 Å². The maximum atomic E-state index is 12.0. The first-order valence-corrected chi connectivity index (χ1v) is 5.44. The van der Waals surface area contributed by atoms with E-state index in [0.29, 0.717) is 25.9 Å². The van der Waals surface area contributed by atoms with Crippen LogP contribution in [0.4, 0.5) is 0 Å². The van der Waals surface area contributed by atoms with Crippen molar-refractivity contribution < 1.29 is 9.59 Å². The Morgan fingerprint density at radius 3 is 2.62 bits per heavy atom. The van der Waals surface area contributed by atoms with Gasteiger partial charge in [-0.15, -0.1) is 0 Å². The molecule has 0 aromatic heterocycles. The zero-order valence-electron chi connectivity index (χ0n) is 9.69. The lowest BCUT2D eigenvalue weighted by Crippen LogP contribution is -2.41. The highest BCUT2D eigenvalue weighted by atomic mass is 16.2. The van der Waals surface area contributed by atoms with Crippen LogP contribution in [0.15, 0.2) is 0 Å². The SMILES string of the molecule is CCC(C)(C#N)C(=O)N1CCC(C(N)=O)C1. The Labute approximate surface area is 95.2 Å². The van der Waals surface area contributed by atoms with Crippen LogP contribution in [0, 0.1) is 22.7 Å². The number of likely N-dealkylation sites (tertiary alicyclic amines) is 1. The number of primary amides is 1. The van der Waals surface area contributed by atoms with Crippen LogP contribution >= 0.6 is 0 Å². The van der Waals surface area contributed by atoms with Crippen molar-refractivity contribution in [2.24, 2.45) is 17.1 Å². The molecule has 0 radical (unpaired) electrons. The Kier molecular flexibility index (Phi) is 3.53. The predicted octanol–water partition coefficient (Wildman–Crippen LogP) is 0.260. The minimum absolute atomic E-state index is 0.193. The van der Waals surface area contributed by atoms with Crippen molar-refractivity contribution in [3.8, 4) is 6.07 Å². The normalized spacial score (nSPS) is 23.6. The molecule has 1 heterocycles. The number of amides is 2. The van der Waals surface area contributed by atoms with E-state index in [9.17, 15) is 9.59 Å². The molecule has 5 heteroatoms. The second-order valence-electron chi connectivity index (χ2n) is 4.44. The summed E-state index contributed by atoms with van der Waals surface area (Å²) in [4.78, 5) is 24.6. The third-order valence-corrected chi connectivity index (χ3v) is 3.30. The molecule has 2 N–H and O–H groups in total. The van der Waals surface area contributed by atoms with Gasteiger partial charge in [-0.2, -0.15) is 5.26 Å². The monoisotopic (exact) mass is 223 g/mol. The number of carbonyl (C=O) groups is 2. The van der Waals surface area contributed by atoms with Gasteiger partial charge in [-0.1, -0.05) is 6.92 Å². The second kappa shape index (κ2) is 4.52.